The number of carbonyl (C=O) groups excluding carboxylic acids is 1. The molecular formula is C20H15ClN2O2S. The monoisotopic (exact) mass is 382 g/mol. The quantitative estimate of drug-likeness (QED) is 0.613. The average Bonchev–Trinajstić information content (AvgIpc) is 3.06. The molecule has 0 spiro atoms. The van der Waals surface area contributed by atoms with Crippen LogP contribution in [0.2, 0.25) is 5.02 Å². The van der Waals surface area contributed by atoms with Crippen LogP contribution in [0, 0.1) is 0 Å². The van der Waals surface area contributed by atoms with E-state index in [1.165, 1.54) is 0 Å². The molecule has 1 amide bonds. The average molecular weight is 383 g/mol. The van der Waals surface area contributed by atoms with E-state index in [-0.39, 0.29) is 11.3 Å². The Hall–Kier alpha value is -2.50. The van der Waals surface area contributed by atoms with E-state index in [1.807, 2.05) is 53.4 Å². The van der Waals surface area contributed by atoms with E-state index < -0.39 is 0 Å². The van der Waals surface area contributed by atoms with Crippen molar-refractivity contribution < 1.29 is 9.53 Å². The molecule has 6 heteroatoms. The normalized spacial score (nSPS) is 16.7. The Bertz CT molecular complexity index is 901. The number of rotatable bonds is 4. The summed E-state index contributed by atoms with van der Waals surface area (Å²) in [5.41, 5.74) is 1.86. The number of pyridine rings is 1. The van der Waals surface area contributed by atoms with Gasteiger partial charge in [-0.25, -0.2) is 0 Å². The zero-order chi connectivity index (χ0) is 17.9. The number of anilines is 1. The van der Waals surface area contributed by atoms with E-state index in [0.29, 0.717) is 22.3 Å². The summed E-state index contributed by atoms with van der Waals surface area (Å²) in [5.74, 6) is 1.97. The number of carbonyl (C=O) groups is 1. The minimum atomic E-state index is -0.0563. The Morgan fingerprint density at radius 1 is 1.04 bits per heavy atom. The molecule has 1 aliphatic heterocycles. The first-order chi connectivity index (χ1) is 12.7. The standard InChI is InChI=1S/C20H15ClN2O2S/c21-15-3-7-17(8-4-15)25-18-9-5-16(6-10-18)23-19(24)13-26-20(23)14-2-1-11-22-12-14/h1-12,20H,13H2/t20-/m0/s1. The first-order valence-corrected chi connectivity index (χ1v) is 9.50. The van der Waals surface area contributed by atoms with Gasteiger partial charge in [-0.15, -0.1) is 11.8 Å². The molecule has 3 aromatic rings. The Labute approximate surface area is 160 Å². The van der Waals surface area contributed by atoms with Crippen molar-refractivity contribution in [2.75, 3.05) is 10.7 Å². The molecule has 0 aliphatic carbocycles. The summed E-state index contributed by atoms with van der Waals surface area (Å²) in [6.45, 7) is 0. The minimum Gasteiger partial charge on any atom is -0.457 e. The fourth-order valence-electron chi connectivity index (χ4n) is 2.79. The number of amides is 1. The van der Waals surface area contributed by atoms with Gasteiger partial charge in [0.2, 0.25) is 5.91 Å². The lowest BCUT2D eigenvalue weighted by Gasteiger charge is -2.24. The first kappa shape index (κ1) is 16.9. The summed E-state index contributed by atoms with van der Waals surface area (Å²) in [4.78, 5) is 18.4. The number of ether oxygens (including phenoxy) is 1. The zero-order valence-electron chi connectivity index (χ0n) is 13.7. The molecular weight excluding hydrogens is 368 g/mol. The molecule has 0 bridgehead atoms. The second-order valence-electron chi connectivity index (χ2n) is 5.76. The molecule has 2 aromatic carbocycles. The highest BCUT2D eigenvalue weighted by Crippen LogP contribution is 2.41. The predicted molar refractivity (Wildman–Crippen MR) is 105 cm³/mol. The maximum Gasteiger partial charge on any atom is 0.238 e. The van der Waals surface area contributed by atoms with E-state index in [2.05, 4.69) is 4.98 Å². The second kappa shape index (κ2) is 7.40. The van der Waals surface area contributed by atoms with Gasteiger partial charge < -0.3 is 4.74 Å². The van der Waals surface area contributed by atoms with Gasteiger partial charge in [0.05, 0.1) is 5.75 Å². The van der Waals surface area contributed by atoms with Gasteiger partial charge >= 0.3 is 0 Å². The highest BCUT2D eigenvalue weighted by molar-refractivity contribution is 8.00. The van der Waals surface area contributed by atoms with Crippen molar-refractivity contribution in [1.82, 2.24) is 4.98 Å². The lowest BCUT2D eigenvalue weighted by atomic mass is 10.2. The third kappa shape index (κ3) is 3.54. The Morgan fingerprint density at radius 2 is 1.73 bits per heavy atom. The summed E-state index contributed by atoms with van der Waals surface area (Å²) in [7, 11) is 0. The highest BCUT2D eigenvalue weighted by atomic mass is 35.5. The van der Waals surface area contributed by atoms with Crippen molar-refractivity contribution in [2.45, 2.75) is 5.37 Å². The van der Waals surface area contributed by atoms with Gasteiger partial charge in [-0.3, -0.25) is 14.7 Å². The van der Waals surface area contributed by atoms with Crippen molar-refractivity contribution in [1.29, 1.82) is 0 Å². The molecule has 1 atom stereocenters. The van der Waals surface area contributed by atoms with Crippen LogP contribution < -0.4 is 9.64 Å². The van der Waals surface area contributed by atoms with E-state index in [9.17, 15) is 4.79 Å². The number of hydrogen-bond donors (Lipinski definition) is 0. The largest absolute Gasteiger partial charge is 0.457 e. The molecule has 1 aliphatic rings. The van der Waals surface area contributed by atoms with Crippen LogP contribution in [0.1, 0.15) is 10.9 Å². The summed E-state index contributed by atoms with van der Waals surface area (Å²) in [6.07, 6.45) is 3.54. The zero-order valence-corrected chi connectivity index (χ0v) is 15.3. The number of thioether (sulfide) groups is 1. The third-order valence-corrected chi connectivity index (χ3v) is 5.47. The topological polar surface area (TPSA) is 42.4 Å². The molecule has 0 unspecified atom stereocenters. The van der Waals surface area contributed by atoms with Gasteiger partial charge in [0, 0.05) is 28.7 Å². The number of nitrogens with zero attached hydrogens (tertiary/aromatic N) is 2. The molecule has 1 aromatic heterocycles. The Kier molecular flexibility index (Phi) is 4.82. The van der Waals surface area contributed by atoms with Crippen LogP contribution in [0.25, 0.3) is 0 Å². The van der Waals surface area contributed by atoms with Crippen molar-refractivity contribution in [3.8, 4) is 11.5 Å². The van der Waals surface area contributed by atoms with Crippen molar-refractivity contribution >= 4 is 35.0 Å². The smallest absolute Gasteiger partial charge is 0.238 e. The van der Waals surface area contributed by atoms with Gasteiger partial charge in [0.25, 0.3) is 0 Å². The fraction of sp³-hybridized carbons (Fsp3) is 0.100. The van der Waals surface area contributed by atoms with Gasteiger partial charge in [-0.2, -0.15) is 0 Å². The molecule has 0 N–H and O–H groups in total. The van der Waals surface area contributed by atoms with Crippen LogP contribution in [0.4, 0.5) is 5.69 Å². The van der Waals surface area contributed by atoms with Crippen LogP contribution in [-0.4, -0.2) is 16.6 Å². The van der Waals surface area contributed by atoms with E-state index >= 15 is 0 Å². The first-order valence-electron chi connectivity index (χ1n) is 8.08. The minimum absolute atomic E-state index is 0.0563. The van der Waals surface area contributed by atoms with Crippen LogP contribution >= 0.6 is 23.4 Å². The van der Waals surface area contributed by atoms with Crippen LogP contribution in [0.5, 0.6) is 11.5 Å². The Balaban J connectivity index is 1.55. The van der Waals surface area contributed by atoms with Crippen molar-refractivity contribution in [2.24, 2.45) is 0 Å². The van der Waals surface area contributed by atoms with Crippen molar-refractivity contribution in [3.05, 3.63) is 83.6 Å². The van der Waals surface area contributed by atoms with Gasteiger partial charge in [-0.05, 0) is 54.6 Å². The number of hydrogen-bond acceptors (Lipinski definition) is 4. The van der Waals surface area contributed by atoms with Crippen LogP contribution in [0.15, 0.2) is 73.1 Å². The van der Waals surface area contributed by atoms with Crippen LogP contribution in [0.3, 0.4) is 0 Å². The molecule has 1 fully saturated rings. The molecule has 1 saturated heterocycles. The number of aromatic nitrogens is 1. The fourth-order valence-corrected chi connectivity index (χ4v) is 4.07. The molecule has 0 saturated carbocycles. The number of halogens is 1. The van der Waals surface area contributed by atoms with Gasteiger partial charge in [0.1, 0.15) is 16.9 Å². The third-order valence-electron chi connectivity index (χ3n) is 4.00. The summed E-state index contributed by atoms with van der Waals surface area (Å²) in [5, 5.41) is 0.610. The molecule has 0 radical (unpaired) electrons. The predicted octanol–water partition coefficient (Wildman–Crippen LogP) is 5.31. The SMILES string of the molecule is O=C1CS[C@@H](c2cccnc2)N1c1ccc(Oc2ccc(Cl)cc2)cc1. The Morgan fingerprint density at radius 3 is 2.38 bits per heavy atom. The van der Waals surface area contributed by atoms with E-state index in [1.54, 1.807) is 36.3 Å². The van der Waals surface area contributed by atoms with Gasteiger partial charge in [0.15, 0.2) is 0 Å². The number of benzene rings is 2. The maximum atomic E-state index is 12.4. The summed E-state index contributed by atoms with van der Waals surface area (Å²) < 4.78 is 5.81. The molecule has 4 nitrogen and oxygen atoms in total. The van der Waals surface area contributed by atoms with Crippen molar-refractivity contribution in [3.63, 3.8) is 0 Å². The summed E-state index contributed by atoms with van der Waals surface area (Å²) >= 11 is 7.49. The van der Waals surface area contributed by atoms with E-state index in [0.717, 1.165) is 11.3 Å². The maximum absolute atomic E-state index is 12.4. The molecule has 26 heavy (non-hydrogen) atoms. The summed E-state index contributed by atoms with van der Waals surface area (Å²) in [6, 6.07) is 18.6. The van der Waals surface area contributed by atoms with E-state index in [4.69, 9.17) is 16.3 Å². The second-order valence-corrected chi connectivity index (χ2v) is 7.27. The lowest BCUT2D eigenvalue weighted by molar-refractivity contribution is -0.115. The van der Waals surface area contributed by atoms with Crippen LogP contribution in [-0.2, 0) is 4.79 Å². The molecule has 130 valence electrons. The molecule has 2 heterocycles. The molecule has 4 rings (SSSR count). The lowest BCUT2D eigenvalue weighted by Crippen LogP contribution is -2.27. The van der Waals surface area contributed by atoms with Gasteiger partial charge in [-0.1, -0.05) is 17.7 Å². The highest BCUT2D eigenvalue weighted by Gasteiger charge is 2.34.